The molecule has 1 atom stereocenters. The maximum Gasteiger partial charge on any atom is 0.412 e. The van der Waals surface area contributed by atoms with Gasteiger partial charge in [0, 0.05) is 21.9 Å². The Labute approximate surface area is 193 Å². The van der Waals surface area contributed by atoms with Crippen LogP contribution in [-0.2, 0) is 10.5 Å². The Morgan fingerprint density at radius 1 is 1.25 bits per heavy atom. The highest BCUT2D eigenvalue weighted by molar-refractivity contribution is 7.98. The number of hydrogen-bond acceptors (Lipinski definition) is 7. The van der Waals surface area contributed by atoms with Crippen LogP contribution in [-0.4, -0.2) is 26.4 Å². The zero-order valence-electron chi connectivity index (χ0n) is 17.3. The van der Waals surface area contributed by atoms with E-state index in [0.717, 1.165) is 22.4 Å². The lowest BCUT2D eigenvalue weighted by molar-refractivity contribution is 0.121. The van der Waals surface area contributed by atoms with Gasteiger partial charge in [-0.25, -0.2) is 9.78 Å². The lowest BCUT2D eigenvalue weighted by atomic mass is 10.1. The summed E-state index contributed by atoms with van der Waals surface area (Å²) in [6.45, 7) is 3.51. The van der Waals surface area contributed by atoms with Gasteiger partial charge in [0.1, 0.15) is 23.8 Å². The van der Waals surface area contributed by atoms with Gasteiger partial charge in [-0.3, -0.25) is 10.4 Å². The number of hydrogen-bond donors (Lipinski definition) is 2. The summed E-state index contributed by atoms with van der Waals surface area (Å²) in [5.74, 6) is 1.18. The first kappa shape index (κ1) is 21.9. The number of halogens is 1. The van der Waals surface area contributed by atoms with Crippen molar-refractivity contribution in [2.75, 3.05) is 5.32 Å². The molecule has 0 aliphatic carbocycles. The van der Waals surface area contributed by atoms with E-state index < -0.39 is 12.2 Å². The monoisotopic (exact) mass is 469 g/mol. The second-order valence-electron chi connectivity index (χ2n) is 6.93. The minimum absolute atomic E-state index is 0.456. The highest BCUT2D eigenvalue weighted by Crippen LogP contribution is 2.32. The summed E-state index contributed by atoms with van der Waals surface area (Å²) in [7, 11) is 0. The lowest BCUT2D eigenvalue weighted by Gasteiger charge is -2.15. The maximum absolute atomic E-state index is 12.5. The number of amides is 1. The van der Waals surface area contributed by atoms with Crippen molar-refractivity contribution in [1.82, 2.24) is 20.3 Å². The highest BCUT2D eigenvalue weighted by Gasteiger charge is 2.20. The normalized spacial score (nSPS) is 11.8. The molecule has 1 unspecified atom stereocenters. The van der Waals surface area contributed by atoms with Gasteiger partial charge >= 0.3 is 6.09 Å². The Morgan fingerprint density at radius 2 is 2.03 bits per heavy atom. The third-order valence-electron chi connectivity index (χ3n) is 4.69. The van der Waals surface area contributed by atoms with Crippen LogP contribution < -0.4 is 5.32 Å². The summed E-state index contributed by atoms with van der Waals surface area (Å²) in [5.41, 5.74) is 3.62. The number of carbonyl (C=O) groups excluding carboxylic acids is 1. The SMILES string of the molecule is Cc1noc(-c2ccc(CSc3nc[nH]n3)cc2)c1NC(=O)OC(C)c1ccccc1Cl. The van der Waals surface area contributed by atoms with Crippen molar-refractivity contribution in [3.63, 3.8) is 0 Å². The molecule has 0 saturated carbocycles. The van der Waals surface area contributed by atoms with Crippen LogP contribution in [0, 0.1) is 6.92 Å². The summed E-state index contributed by atoms with van der Waals surface area (Å²) in [6, 6.07) is 15.0. The molecule has 2 heterocycles. The van der Waals surface area contributed by atoms with Crippen molar-refractivity contribution in [3.8, 4) is 11.3 Å². The van der Waals surface area contributed by atoms with Crippen molar-refractivity contribution in [1.29, 1.82) is 0 Å². The van der Waals surface area contributed by atoms with Crippen LogP contribution in [0.2, 0.25) is 5.02 Å². The van der Waals surface area contributed by atoms with Crippen LogP contribution in [0.4, 0.5) is 10.5 Å². The minimum Gasteiger partial charge on any atom is -0.441 e. The number of thioether (sulfide) groups is 1. The molecule has 1 amide bonds. The average molecular weight is 470 g/mol. The number of nitrogens with one attached hydrogen (secondary N) is 2. The largest absolute Gasteiger partial charge is 0.441 e. The van der Waals surface area contributed by atoms with Crippen LogP contribution in [0.3, 0.4) is 0 Å². The van der Waals surface area contributed by atoms with E-state index in [-0.39, 0.29) is 0 Å². The standard InChI is InChI=1S/C22H20ClN5O3S/c1-13-19(26-22(29)30-14(2)17-5-3-4-6-18(17)23)20(31-28-13)16-9-7-15(8-10-16)11-32-21-24-12-25-27-21/h3-10,12,14H,11H2,1-2H3,(H,26,29)(H,24,25,27). The zero-order valence-corrected chi connectivity index (χ0v) is 18.9. The Morgan fingerprint density at radius 3 is 2.75 bits per heavy atom. The van der Waals surface area contributed by atoms with Crippen molar-refractivity contribution >= 4 is 35.1 Å². The fraction of sp³-hybridized carbons (Fsp3) is 0.182. The van der Waals surface area contributed by atoms with Crippen LogP contribution >= 0.6 is 23.4 Å². The van der Waals surface area contributed by atoms with Gasteiger partial charge in [0.05, 0.1) is 0 Å². The number of anilines is 1. The maximum atomic E-state index is 12.5. The fourth-order valence-electron chi connectivity index (χ4n) is 3.04. The summed E-state index contributed by atoms with van der Waals surface area (Å²) in [4.78, 5) is 16.6. The molecule has 0 aliphatic rings. The van der Waals surface area contributed by atoms with Crippen molar-refractivity contribution in [2.45, 2.75) is 30.9 Å². The molecule has 0 spiro atoms. The van der Waals surface area contributed by atoms with E-state index in [2.05, 4.69) is 25.7 Å². The van der Waals surface area contributed by atoms with Crippen molar-refractivity contribution in [2.24, 2.45) is 0 Å². The number of carbonyl (C=O) groups is 1. The number of aromatic amines is 1. The quantitative estimate of drug-likeness (QED) is 0.318. The second-order valence-corrected chi connectivity index (χ2v) is 8.28. The number of nitrogens with zero attached hydrogens (tertiary/aromatic N) is 3. The van der Waals surface area contributed by atoms with Crippen LogP contribution in [0.25, 0.3) is 11.3 Å². The Balaban J connectivity index is 1.43. The van der Waals surface area contributed by atoms with Gasteiger partial charge in [-0.15, -0.1) is 5.10 Å². The van der Waals surface area contributed by atoms with Gasteiger partial charge in [-0.2, -0.15) is 0 Å². The molecule has 164 valence electrons. The first-order valence-electron chi connectivity index (χ1n) is 9.77. The fourth-order valence-corrected chi connectivity index (χ4v) is 4.06. The molecule has 2 aromatic heterocycles. The third-order valence-corrected chi connectivity index (χ3v) is 5.97. The molecule has 8 nitrogen and oxygen atoms in total. The van der Waals surface area contributed by atoms with E-state index in [1.807, 2.05) is 42.5 Å². The van der Waals surface area contributed by atoms with Crippen LogP contribution in [0.1, 0.15) is 29.8 Å². The van der Waals surface area contributed by atoms with Gasteiger partial charge in [-0.05, 0) is 25.5 Å². The van der Waals surface area contributed by atoms with Gasteiger partial charge in [0.2, 0.25) is 5.16 Å². The van der Waals surface area contributed by atoms with Crippen LogP contribution in [0.15, 0.2) is 64.5 Å². The van der Waals surface area contributed by atoms with Crippen LogP contribution in [0.5, 0.6) is 0 Å². The molecule has 2 aromatic carbocycles. The average Bonchev–Trinajstić information content (AvgIpc) is 3.43. The molecular weight excluding hydrogens is 450 g/mol. The van der Waals surface area contributed by atoms with Crippen molar-refractivity contribution < 1.29 is 14.1 Å². The third kappa shape index (κ3) is 5.12. The molecule has 0 saturated heterocycles. The van der Waals surface area contributed by atoms with E-state index in [4.69, 9.17) is 20.9 Å². The molecule has 2 N–H and O–H groups in total. The summed E-state index contributed by atoms with van der Waals surface area (Å²) >= 11 is 7.72. The smallest absolute Gasteiger partial charge is 0.412 e. The molecule has 0 bridgehead atoms. The Kier molecular flexibility index (Phi) is 6.77. The van der Waals surface area contributed by atoms with Gasteiger partial charge < -0.3 is 9.26 Å². The molecule has 4 aromatic rings. The number of aromatic nitrogens is 4. The predicted octanol–water partition coefficient (Wildman–Crippen LogP) is 6.02. The molecular formula is C22H20ClN5O3S. The van der Waals surface area contributed by atoms with E-state index in [1.165, 1.54) is 11.8 Å². The van der Waals surface area contributed by atoms with E-state index in [1.54, 1.807) is 26.2 Å². The zero-order chi connectivity index (χ0) is 22.5. The Bertz CT molecular complexity index is 1190. The molecule has 0 radical (unpaired) electrons. The summed E-state index contributed by atoms with van der Waals surface area (Å²) in [5, 5.41) is 14.7. The second kappa shape index (κ2) is 9.88. The first-order valence-corrected chi connectivity index (χ1v) is 11.1. The van der Waals surface area contributed by atoms with E-state index in [0.29, 0.717) is 27.3 Å². The van der Waals surface area contributed by atoms with E-state index >= 15 is 0 Å². The summed E-state index contributed by atoms with van der Waals surface area (Å²) < 4.78 is 11.0. The molecule has 32 heavy (non-hydrogen) atoms. The van der Waals surface area contributed by atoms with Gasteiger partial charge in [-0.1, -0.05) is 71.0 Å². The molecule has 4 rings (SSSR count). The predicted molar refractivity (Wildman–Crippen MR) is 123 cm³/mol. The van der Waals surface area contributed by atoms with Gasteiger partial charge in [0.25, 0.3) is 0 Å². The minimum atomic E-state index is -0.621. The van der Waals surface area contributed by atoms with Crippen molar-refractivity contribution in [3.05, 3.63) is 76.7 Å². The highest BCUT2D eigenvalue weighted by atomic mass is 35.5. The number of rotatable bonds is 7. The molecule has 10 heteroatoms. The van der Waals surface area contributed by atoms with Gasteiger partial charge in [0.15, 0.2) is 5.76 Å². The Hall–Kier alpha value is -3.30. The van der Waals surface area contributed by atoms with E-state index in [9.17, 15) is 4.79 Å². The lowest BCUT2D eigenvalue weighted by Crippen LogP contribution is -2.17. The molecule has 0 fully saturated rings. The topological polar surface area (TPSA) is 106 Å². The summed E-state index contributed by atoms with van der Waals surface area (Å²) in [6.07, 6.45) is 0.407. The number of aryl methyl sites for hydroxylation is 1. The molecule has 0 aliphatic heterocycles. The number of benzene rings is 2. The number of H-pyrrole nitrogens is 1. The first-order chi connectivity index (χ1) is 15.5. The number of ether oxygens (including phenoxy) is 1.